The molecule has 2 fully saturated rings. The number of rotatable bonds is 4. The summed E-state index contributed by atoms with van der Waals surface area (Å²) in [5.41, 5.74) is -1.44. The van der Waals surface area contributed by atoms with E-state index in [1.54, 1.807) is 26.8 Å². The summed E-state index contributed by atoms with van der Waals surface area (Å²) in [5.74, 6) is -0.384. The molecule has 0 radical (unpaired) electrons. The molecule has 23 heavy (non-hydrogen) atoms. The average Bonchev–Trinajstić information content (AvgIpc) is 2.92. The average molecular weight is 322 g/mol. The number of hydrogen-bond donors (Lipinski definition) is 1. The van der Waals surface area contributed by atoms with Crippen molar-refractivity contribution in [2.45, 2.75) is 64.1 Å². The zero-order valence-corrected chi connectivity index (χ0v) is 14.3. The fourth-order valence-corrected chi connectivity index (χ4v) is 3.09. The fraction of sp³-hybridized carbons (Fsp3) is 0.706. The summed E-state index contributed by atoms with van der Waals surface area (Å²) in [6.07, 6.45) is 3.12. The Morgan fingerprint density at radius 2 is 2.00 bits per heavy atom. The zero-order valence-electron chi connectivity index (χ0n) is 14.3. The highest BCUT2D eigenvalue weighted by atomic mass is 16.6. The van der Waals surface area contributed by atoms with Crippen molar-refractivity contribution < 1.29 is 19.1 Å². The van der Waals surface area contributed by atoms with Crippen LogP contribution in [0.4, 0.5) is 4.79 Å². The van der Waals surface area contributed by atoms with Crippen LogP contribution in [0.5, 0.6) is 0 Å². The minimum atomic E-state index is -0.832. The normalized spacial score (nSPS) is 29.8. The molecule has 1 heterocycles. The highest BCUT2D eigenvalue weighted by Crippen LogP contribution is 2.45. The van der Waals surface area contributed by atoms with E-state index in [-0.39, 0.29) is 17.6 Å². The second-order valence-electron chi connectivity index (χ2n) is 7.39. The van der Waals surface area contributed by atoms with Gasteiger partial charge >= 0.3 is 6.09 Å². The molecule has 0 spiro atoms. The smallest absolute Gasteiger partial charge is 0.410 e. The molecule has 1 saturated carbocycles. The molecule has 6 nitrogen and oxygen atoms in total. The van der Waals surface area contributed by atoms with Crippen molar-refractivity contribution in [1.82, 2.24) is 10.2 Å². The Kier molecular flexibility index (Phi) is 4.55. The van der Waals surface area contributed by atoms with Crippen molar-refractivity contribution >= 4 is 17.8 Å². The standard InChI is InChI=1S/C17H26N2O4/c1-6-12-10-17(12,11(2)20)18-14(21)13-8-7-9-19(13)15(22)23-16(3,4)5/h6,12-13H,1,7-10H2,2-5H3,(H,18,21)/t12-,13+,17?/m1/s1. The molecular weight excluding hydrogens is 296 g/mol. The van der Waals surface area contributed by atoms with Crippen molar-refractivity contribution in [1.29, 1.82) is 0 Å². The lowest BCUT2D eigenvalue weighted by Crippen LogP contribution is -2.53. The molecule has 2 amide bonds. The van der Waals surface area contributed by atoms with E-state index in [0.29, 0.717) is 19.4 Å². The SMILES string of the molecule is C=C[C@@H]1CC1(NC(=O)[C@@H]1CCCN1C(=O)OC(C)(C)C)C(C)=O. The van der Waals surface area contributed by atoms with Crippen LogP contribution in [0.3, 0.4) is 0 Å². The predicted molar refractivity (Wildman–Crippen MR) is 85.8 cm³/mol. The molecule has 0 aromatic carbocycles. The number of ketones is 1. The number of carbonyl (C=O) groups excluding carboxylic acids is 3. The van der Waals surface area contributed by atoms with E-state index in [1.807, 2.05) is 0 Å². The number of carbonyl (C=O) groups is 3. The first-order chi connectivity index (χ1) is 10.6. The van der Waals surface area contributed by atoms with E-state index in [1.165, 1.54) is 11.8 Å². The second-order valence-corrected chi connectivity index (χ2v) is 7.39. The van der Waals surface area contributed by atoms with Gasteiger partial charge in [0.1, 0.15) is 17.2 Å². The quantitative estimate of drug-likeness (QED) is 0.804. The van der Waals surface area contributed by atoms with Gasteiger partial charge in [-0.25, -0.2) is 4.79 Å². The highest BCUT2D eigenvalue weighted by molar-refractivity contribution is 5.97. The monoisotopic (exact) mass is 322 g/mol. The van der Waals surface area contributed by atoms with Gasteiger partial charge in [-0.15, -0.1) is 6.58 Å². The Bertz CT molecular complexity index is 537. The van der Waals surface area contributed by atoms with E-state index < -0.39 is 23.3 Å². The van der Waals surface area contributed by atoms with Crippen molar-refractivity contribution in [3.05, 3.63) is 12.7 Å². The van der Waals surface area contributed by atoms with Crippen LogP contribution in [-0.2, 0) is 14.3 Å². The van der Waals surface area contributed by atoms with Crippen LogP contribution in [0.15, 0.2) is 12.7 Å². The van der Waals surface area contributed by atoms with Crippen LogP contribution in [0, 0.1) is 5.92 Å². The highest BCUT2D eigenvalue weighted by Gasteiger charge is 2.58. The lowest BCUT2D eigenvalue weighted by molar-refractivity contribution is -0.130. The van der Waals surface area contributed by atoms with Crippen molar-refractivity contribution in [3.8, 4) is 0 Å². The summed E-state index contributed by atoms with van der Waals surface area (Å²) in [7, 11) is 0. The number of Topliss-reactive ketones (excluding diaryl/α,β-unsaturated/α-hetero) is 1. The Morgan fingerprint density at radius 1 is 1.35 bits per heavy atom. The Morgan fingerprint density at radius 3 is 2.48 bits per heavy atom. The maximum Gasteiger partial charge on any atom is 0.410 e. The minimum Gasteiger partial charge on any atom is -0.444 e. The minimum absolute atomic E-state index is 0.0275. The molecule has 0 bridgehead atoms. The number of ether oxygens (including phenoxy) is 1. The van der Waals surface area contributed by atoms with Crippen LogP contribution < -0.4 is 5.32 Å². The molecule has 2 rings (SSSR count). The third kappa shape index (κ3) is 3.57. The summed E-state index contributed by atoms with van der Waals surface area (Å²) in [6, 6.07) is -0.577. The molecule has 1 saturated heterocycles. The largest absolute Gasteiger partial charge is 0.444 e. The van der Waals surface area contributed by atoms with E-state index in [9.17, 15) is 14.4 Å². The molecule has 6 heteroatoms. The molecule has 0 aromatic heterocycles. The Balaban J connectivity index is 2.05. The van der Waals surface area contributed by atoms with Gasteiger partial charge in [-0.3, -0.25) is 14.5 Å². The molecule has 3 atom stereocenters. The summed E-state index contributed by atoms with van der Waals surface area (Å²) in [4.78, 5) is 38.2. The number of nitrogens with zero attached hydrogens (tertiary/aromatic N) is 1. The molecule has 0 aromatic rings. The van der Waals surface area contributed by atoms with Crippen LogP contribution in [-0.4, -0.2) is 46.4 Å². The molecule has 1 aliphatic carbocycles. The molecule has 2 aliphatic rings. The molecular formula is C17H26N2O4. The lowest BCUT2D eigenvalue weighted by Gasteiger charge is -2.29. The fourth-order valence-electron chi connectivity index (χ4n) is 3.09. The van der Waals surface area contributed by atoms with Gasteiger partial charge in [0.2, 0.25) is 5.91 Å². The predicted octanol–water partition coefficient (Wildman–Crippen LogP) is 2.04. The maximum atomic E-state index is 12.6. The summed E-state index contributed by atoms with van der Waals surface area (Å²) >= 11 is 0. The maximum absolute atomic E-state index is 12.6. The van der Waals surface area contributed by atoms with Gasteiger partial charge in [0.15, 0.2) is 5.78 Å². The van der Waals surface area contributed by atoms with Gasteiger partial charge in [0, 0.05) is 12.5 Å². The first kappa shape index (κ1) is 17.5. The van der Waals surface area contributed by atoms with Crippen molar-refractivity contribution in [3.63, 3.8) is 0 Å². The zero-order chi connectivity index (χ0) is 17.4. The first-order valence-corrected chi connectivity index (χ1v) is 8.06. The topological polar surface area (TPSA) is 75.7 Å². The molecule has 128 valence electrons. The van der Waals surface area contributed by atoms with Crippen molar-refractivity contribution in [2.24, 2.45) is 5.92 Å². The summed E-state index contributed by atoms with van der Waals surface area (Å²) in [5, 5.41) is 2.85. The molecule has 1 N–H and O–H groups in total. The number of likely N-dealkylation sites (tertiary alicyclic amines) is 1. The van der Waals surface area contributed by atoms with E-state index in [0.717, 1.165) is 6.42 Å². The molecule has 1 aliphatic heterocycles. The Labute approximate surface area is 137 Å². The summed E-state index contributed by atoms with van der Waals surface area (Å²) in [6.45, 7) is 11.0. The number of hydrogen-bond acceptors (Lipinski definition) is 4. The van der Waals surface area contributed by atoms with Gasteiger partial charge in [-0.05, 0) is 47.0 Å². The Hall–Kier alpha value is -1.85. The van der Waals surface area contributed by atoms with Crippen LogP contribution >= 0.6 is 0 Å². The number of nitrogens with one attached hydrogen (secondary N) is 1. The van der Waals surface area contributed by atoms with Gasteiger partial charge < -0.3 is 10.1 Å². The van der Waals surface area contributed by atoms with Crippen LogP contribution in [0.25, 0.3) is 0 Å². The van der Waals surface area contributed by atoms with Gasteiger partial charge in [0.05, 0.1) is 0 Å². The third-order valence-corrected chi connectivity index (χ3v) is 4.46. The molecule has 1 unspecified atom stereocenters. The van der Waals surface area contributed by atoms with Crippen LogP contribution in [0.2, 0.25) is 0 Å². The van der Waals surface area contributed by atoms with E-state index >= 15 is 0 Å². The van der Waals surface area contributed by atoms with Crippen molar-refractivity contribution in [2.75, 3.05) is 6.54 Å². The first-order valence-electron chi connectivity index (χ1n) is 8.06. The van der Waals surface area contributed by atoms with Crippen LogP contribution in [0.1, 0.15) is 47.0 Å². The second kappa shape index (κ2) is 5.98. The van der Waals surface area contributed by atoms with Gasteiger partial charge in [0.25, 0.3) is 0 Å². The van der Waals surface area contributed by atoms with Gasteiger partial charge in [-0.1, -0.05) is 6.08 Å². The lowest BCUT2D eigenvalue weighted by atomic mass is 10.1. The van der Waals surface area contributed by atoms with Gasteiger partial charge in [-0.2, -0.15) is 0 Å². The number of amides is 2. The summed E-state index contributed by atoms with van der Waals surface area (Å²) < 4.78 is 5.36. The van der Waals surface area contributed by atoms with E-state index in [2.05, 4.69) is 11.9 Å². The third-order valence-electron chi connectivity index (χ3n) is 4.46. The van der Waals surface area contributed by atoms with E-state index in [4.69, 9.17) is 4.74 Å².